The van der Waals surface area contributed by atoms with Gasteiger partial charge in [-0.3, -0.25) is 9.59 Å². The van der Waals surface area contributed by atoms with Gasteiger partial charge in [0.15, 0.2) is 12.4 Å². The molecular formula is C14H16BrNO3. The molecule has 1 aromatic carbocycles. The summed E-state index contributed by atoms with van der Waals surface area (Å²) in [4.78, 5) is 23.4. The van der Waals surface area contributed by atoms with E-state index in [9.17, 15) is 9.59 Å². The molecule has 1 amide bonds. The Morgan fingerprint density at radius 3 is 2.89 bits per heavy atom. The number of amides is 1. The lowest BCUT2D eigenvalue weighted by Crippen LogP contribution is -2.25. The quantitative estimate of drug-likeness (QED) is 0.863. The molecule has 0 unspecified atom stereocenters. The SMILES string of the molecule is CC(C)CCC(=O)c1cc2c(cc1Br)NC(=O)CO2. The molecule has 1 aliphatic rings. The van der Waals surface area contributed by atoms with Crippen LogP contribution < -0.4 is 10.1 Å². The summed E-state index contributed by atoms with van der Waals surface area (Å²) in [6.07, 6.45) is 1.38. The van der Waals surface area contributed by atoms with E-state index in [0.717, 1.165) is 6.42 Å². The molecule has 0 fully saturated rings. The minimum Gasteiger partial charge on any atom is -0.482 e. The van der Waals surface area contributed by atoms with Crippen LogP contribution in [0.2, 0.25) is 0 Å². The van der Waals surface area contributed by atoms with Crippen molar-refractivity contribution in [1.82, 2.24) is 0 Å². The molecule has 0 saturated heterocycles. The second-order valence-electron chi connectivity index (χ2n) is 5.02. The van der Waals surface area contributed by atoms with Gasteiger partial charge in [0.25, 0.3) is 5.91 Å². The minimum absolute atomic E-state index is 0.00570. The summed E-state index contributed by atoms with van der Waals surface area (Å²) in [7, 11) is 0. The third-order valence-electron chi connectivity index (χ3n) is 2.95. The fraction of sp³-hybridized carbons (Fsp3) is 0.429. The Morgan fingerprint density at radius 2 is 2.21 bits per heavy atom. The summed E-state index contributed by atoms with van der Waals surface area (Å²) in [5.41, 5.74) is 1.21. The van der Waals surface area contributed by atoms with Gasteiger partial charge in [0, 0.05) is 16.5 Å². The zero-order chi connectivity index (χ0) is 14.0. The van der Waals surface area contributed by atoms with Gasteiger partial charge in [-0.2, -0.15) is 0 Å². The fourth-order valence-electron chi connectivity index (χ4n) is 1.87. The van der Waals surface area contributed by atoms with Gasteiger partial charge in [-0.1, -0.05) is 13.8 Å². The Balaban J connectivity index is 2.22. The summed E-state index contributed by atoms with van der Waals surface area (Å²) >= 11 is 3.38. The van der Waals surface area contributed by atoms with Gasteiger partial charge in [0.05, 0.1) is 5.69 Å². The number of carbonyl (C=O) groups excluding carboxylic acids is 2. The number of ketones is 1. The van der Waals surface area contributed by atoms with E-state index in [-0.39, 0.29) is 18.3 Å². The first-order valence-electron chi connectivity index (χ1n) is 6.26. The van der Waals surface area contributed by atoms with Crippen LogP contribution in [0.25, 0.3) is 0 Å². The van der Waals surface area contributed by atoms with E-state index in [1.54, 1.807) is 12.1 Å². The molecule has 0 aromatic heterocycles. The van der Waals surface area contributed by atoms with Crippen LogP contribution in [0.5, 0.6) is 5.75 Å². The number of nitrogens with one attached hydrogen (secondary N) is 1. The molecule has 1 aliphatic heterocycles. The van der Waals surface area contributed by atoms with Crippen LogP contribution in [0, 0.1) is 5.92 Å². The van der Waals surface area contributed by atoms with Gasteiger partial charge < -0.3 is 10.1 Å². The van der Waals surface area contributed by atoms with Crippen molar-refractivity contribution in [2.75, 3.05) is 11.9 Å². The molecule has 5 heteroatoms. The Morgan fingerprint density at radius 1 is 1.47 bits per heavy atom. The van der Waals surface area contributed by atoms with Crippen molar-refractivity contribution in [3.63, 3.8) is 0 Å². The topological polar surface area (TPSA) is 55.4 Å². The van der Waals surface area contributed by atoms with Crippen LogP contribution in [-0.4, -0.2) is 18.3 Å². The van der Waals surface area contributed by atoms with Crippen LogP contribution in [0.1, 0.15) is 37.0 Å². The third kappa shape index (κ3) is 3.35. The molecule has 1 heterocycles. The number of halogens is 1. The van der Waals surface area contributed by atoms with E-state index in [1.807, 2.05) is 0 Å². The maximum atomic E-state index is 12.1. The molecule has 19 heavy (non-hydrogen) atoms. The summed E-state index contributed by atoms with van der Waals surface area (Å²) in [6, 6.07) is 3.41. The molecule has 0 aliphatic carbocycles. The van der Waals surface area contributed by atoms with Crippen molar-refractivity contribution in [3.8, 4) is 5.75 Å². The highest BCUT2D eigenvalue weighted by molar-refractivity contribution is 9.10. The predicted molar refractivity (Wildman–Crippen MR) is 76.7 cm³/mol. The summed E-state index contributed by atoms with van der Waals surface area (Å²) in [5, 5.41) is 2.71. The highest BCUT2D eigenvalue weighted by Crippen LogP contribution is 2.34. The number of carbonyl (C=O) groups is 2. The first kappa shape index (κ1) is 14.1. The first-order valence-corrected chi connectivity index (χ1v) is 7.06. The monoisotopic (exact) mass is 325 g/mol. The number of ether oxygens (including phenoxy) is 1. The molecule has 0 spiro atoms. The van der Waals surface area contributed by atoms with Crippen LogP contribution >= 0.6 is 15.9 Å². The second kappa shape index (κ2) is 5.74. The van der Waals surface area contributed by atoms with Gasteiger partial charge in [0.1, 0.15) is 5.75 Å². The lowest BCUT2D eigenvalue weighted by molar-refractivity contribution is -0.118. The maximum Gasteiger partial charge on any atom is 0.262 e. The molecule has 4 nitrogen and oxygen atoms in total. The van der Waals surface area contributed by atoms with Crippen molar-refractivity contribution in [1.29, 1.82) is 0 Å². The van der Waals surface area contributed by atoms with Crippen LogP contribution in [-0.2, 0) is 4.79 Å². The highest BCUT2D eigenvalue weighted by atomic mass is 79.9. The highest BCUT2D eigenvalue weighted by Gasteiger charge is 2.20. The number of rotatable bonds is 4. The summed E-state index contributed by atoms with van der Waals surface area (Å²) < 4.78 is 6.01. The lowest BCUT2D eigenvalue weighted by atomic mass is 10.0. The van der Waals surface area contributed by atoms with Gasteiger partial charge in [-0.05, 0) is 40.4 Å². The number of benzene rings is 1. The Bertz CT molecular complexity index is 526. The minimum atomic E-state index is -0.182. The van der Waals surface area contributed by atoms with E-state index in [2.05, 4.69) is 35.1 Å². The van der Waals surface area contributed by atoms with Crippen molar-refractivity contribution in [3.05, 3.63) is 22.2 Å². The molecule has 0 bridgehead atoms. The zero-order valence-electron chi connectivity index (χ0n) is 11.0. The molecule has 1 N–H and O–H groups in total. The van der Waals surface area contributed by atoms with Gasteiger partial charge in [0.2, 0.25) is 0 Å². The predicted octanol–water partition coefficient (Wildman–Crippen LogP) is 3.40. The molecule has 2 rings (SSSR count). The maximum absolute atomic E-state index is 12.1. The van der Waals surface area contributed by atoms with Crippen LogP contribution in [0.4, 0.5) is 5.69 Å². The number of hydrogen-bond acceptors (Lipinski definition) is 3. The Hall–Kier alpha value is -1.36. The van der Waals surface area contributed by atoms with Crippen LogP contribution in [0.3, 0.4) is 0 Å². The van der Waals surface area contributed by atoms with Gasteiger partial charge >= 0.3 is 0 Å². The summed E-state index contributed by atoms with van der Waals surface area (Å²) in [6.45, 7) is 4.18. The number of hydrogen-bond donors (Lipinski definition) is 1. The standard InChI is InChI=1S/C14H16BrNO3/c1-8(2)3-4-12(17)9-5-13-11(6-10(9)15)16-14(18)7-19-13/h5-6,8H,3-4,7H2,1-2H3,(H,16,18). The molecular weight excluding hydrogens is 310 g/mol. The Kier molecular flexibility index (Phi) is 4.24. The smallest absolute Gasteiger partial charge is 0.262 e. The first-order chi connectivity index (χ1) is 8.97. The fourth-order valence-corrected chi connectivity index (χ4v) is 2.43. The molecule has 0 radical (unpaired) electrons. The van der Waals surface area contributed by atoms with Crippen molar-refractivity contribution in [2.24, 2.45) is 5.92 Å². The van der Waals surface area contributed by atoms with E-state index in [1.165, 1.54) is 0 Å². The average Bonchev–Trinajstić information content (AvgIpc) is 2.35. The van der Waals surface area contributed by atoms with Crippen molar-refractivity contribution in [2.45, 2.75) is 26.7 Å². The van der Waals surface area contributed by atoms with Crippen LogP contribution in [0.15, 0.2) is 16.6 Å². The third-order valence-corrected chi connectivity index (χ3v) is 3.61. The van der Waals surface area contributed by atoms with Gasteiger partial charge in [-0.15, -0.1) is 0 Å². The Labute approximate surface area is 120 Å². The van der Waals surface area contributed by atoms with E-state index < -0.39 is 0 Å². The second-order valence-corrected chi connectivity index (χ2v) is 5.88. The molecule has 0 atom stereocenters. The number of Topliss-reactive ketones (excluding diaryl/α,β-unsaturated/α-hetero) is 1. The largest absolute Gasteiger partial charge is 0.482 e. The number of anilines is 1. The molecule has 0 saturated carbocycles. The molecule has 102 valence electrons. The van der Waals surface area contributed by atoms with Crippen molar-refractivity contribution < 1.29 is 14.3 Å². The van der Waals surface area contributed by atoms with Gasteiger partial charge in [-0.25, -0.2) is 0 Å². The van der Waals surface area contributed by atoms with E-state index in [4.69, 9.17) is 4.74 Å². The number of fused-ring (bicyclic) bond motifs is 1. The zero-order valence-corrected chi connectivity index (χ0v) is 12.5. The normalized spacial score (nSPS) is 13.8. The van der Waals surface area contributed by atoms with Crippen molar-refractivity contribution >= 4 is 33.3 Å². The van der Waals surface area contributed by atoms with E-state index in [0.29, 0.717) is 33.8 Å². The lowest BCUT2D eigenvalue weighted by Gasteiger charge is -2.19. The average molecular weight is 326 g/mol. The summed E-state index contributed by atoms with van der Waals surface area (Å²) in [5.74, 6) is 0.953. The van der Waals surface area contributed by atoms with E-state index >= 15 is 0 Å². The molecule has 1 aromatic rings.